The minimum Gasteiger partial charge on any atom is -0.493 e. The maximum atomic E-state index is 9.88. The van der Waals surface area contributed by atoms with Crippen LogP contribution in [0.15, 0.2) is 60.0 Å². The normalized spacial score (nSPS) is 15.5. The van der Waals surface area contributed by atoms with Gasteiger partial charge in [-0.15, -0.1) is 0 Å². The van der Waals surface area contributed by atoms with E-state index in [1.807, 2.05) is 12.1 Å². The highest BCUT2D eigenvalue weighted by Crippen LogP contribution is 2.50. The third-order valence-electron chi connectivity index (χ3n) is 5.81. The van der Waals surface area contributed by atoms with Gasteiger partial charge in [0.15, 0.2) is 23.0 Å². The molecule has 0 bridgehead atoms. The van der Waals surface area contributed by atoms with Gasteiger partial charge in [-0.25, -0.2) is 0 Å². The molecule has 3 aromatic carbocycles. The first kappa shape index (κ1) is 22.3. The lowest BCUT2D eigenvalue weighted by Crippen LogP contribution is -2.21. The van der Waals surface area contributed by atoms with Gasteiger partial charge in [0.2, 0.25) is 12.7 Å². The fraction of sp³-hybridized carbons (Fsp3) is 0.154. The Labute approximate surface area is 206 Å². The van der Waals surface area contributed by atoms with Gasteiger partial charge >= 0.3 is 0 Å². The second-order valence-corrected chi connectivity index (χ2v) is 8.17. The van der Waals surface area contributed by atoms with Gasteiger partial charge in [0.05, 0.1) is 29.7 Å². The lowest BCUT2D eigenvalue weighted by atomic mass is 9.83. The van der Waals surface area contributed by atoms with Crippen molar-refractivity contribution in [2.75, 3.05) is 13.9 Å². The molecule has 2 aliphatic rings. The summed E-state index contributed by atoms with van der Waals surface area (Å²) in [4.78, 5) is 0. The van der Waals surface area contributed by atoms with Gasteiger partial charge in [-0.2, -0.15) is 10.5 Å². The van der Waals surface area contributed by atoms with E-state index in [0.717, 1.165) is 0 Å². The van der Waals surface area contributed by atoms with E-state index in [0.29, 0.717) is 51.0 Å². The number of rotatable bonds is 5. The fourth-order valence-electron chi connectivity index (χ4n) is 4.14. The smallest absolute Gasteiger partial charge is 0.231 e. The maximum absolute atomic E-state index is 9.88. The van der Waals surface area contributed by atoms with Crippen LogP contribution in [0.2, 0.25) is 5.02 Å². The van der Waals surface area contributed by atoms with E-state index in [4.69, 9.17) is 41.0 Å². The lowest BCUT2D eigenvalue weighted by Gasteiger charge is -2.27. The van der Waals surface area contributed by atoms with Crippen LogP contribution in [0.3, 0.4) is 0 Å². The summed E-state index contributed by atoms with van der Waals surface area (Å²) in [6.07, 6.45) is 0. The Morgan fingerprint density at radius 2 is 1.83 bits per heavy atom. The maximum Gasteiger partial charge on any atom is 0.231 e. The van der Waals surface area contributed by atoms with Crippen molar-refractivity contribution < 1.29 is 23.7 Å². The number of halogens is 1. The van der Waals surface area contributed by atoms with Crippen molar-refractivity contribution in [1.29, 1.82) is 10.5 Å². The van der Waals surface area contributed by atoms with Crippen molar-refractivity contribution in [3.63, 3.8) is 0 Å². The molecule has 1 atom stereocenters. The number of benzene rings is 3. The van der Waals surface area contributed by atoms with Crippen LogP contribution < -0.4 is 29.4 Å². The Morgan fingerprint density at radius 3 is 2.57 bits per heavy atom. The number of nitriles is 2. The zero-order valence-electron chi connectivity index (χ0n) is 18.5. The van der Waals surface area contributed by atoms with Gasteiger partial charge in [0.1, 0.15) is 24.0 Å². The van der Waals surface area contributed by atoms with E-state index < -0.39 is 5.92 Å². The van der Waals surface area contributed by atoms with Crippen molar-refractivity contribution >= 4 is 11.6 Å². The molecule has 5 rings (SSSR count). The van der Waals surface area contributed by atoms with Crippen molar-refractivity contribution in [1.82, 2.24) is 0 Å². The molecule has 2 N–H and O–H groups in total. The molecular formula is C26H18ClN3O5. The summed E-state index contributed by atoms with van der Waals surface area (Å²) in [5.74, 6) is 1.63. The molecule has 0 saturated carbocycles. The lowest BCUT2D eigenvalue weighted by molar-refractivity contribution is 0.174. The number of ether oxygens (including phenoxy) is 5. The molecule has 3 aromatic rings. The largest absolute Gasteiger partial charge is 0.493 e. The summed E-state index contributed by atoms with van der Waals surface area (Å²) in [7, 11) is 1.50. The van der Waals surface area contributed by atoms with Crippen LogP contribution in [-0.4, -0.2) is 13.9 Å². The standard InChI is InChI=1S/C26H18ClN3O5/c1-31-23-7-16(6-19(27)25(23)32-12-15-5-3-2-4-14(15)10-28)24-17-8-21-22(34-13-33-21)9-20(17)35-26(30)18(24)11-29/h2-9,24H,12-13,30H2,1H3/t24-/m1/s1. The van der Waals surface area contributed by atoms with Gasteiger partial charge in [-0.1, -0.05) is 29.8 Å². The van der Waals surface area contributed by atoms with Crippen LogP contribution >= 0.6 is 11.6 Å². The molecule has 2 heterocycles. The number of methoxy groups -OCH3 is 1. The Kier molecular flexibility index (Phi) is 5.74. The van der Waals surface area contributed by atoms with Crippen molar-refractivity contribution in [3.05, 3.63) is 87.3 Å². The van der Waals surface area contributed by atoms with E-state index in [2.05, 4.69) is 12.1 Å². The molecule has 0 amide bonds. The molecule has 0 saturated heterocycles. The van der Waals surface area contributed by atoms with Crippen LogP contribution in [0.4, 0.5) is 0 Å². The molecule has 35 heavy (non-hydrogen) atoms. The van der Waals surface area contributed by atoms with Gasteiger partial charge < -0.3 is 29.4 Å². The first-order valence-corrected chi connectivity index (χ1v) is 10.9. The van der Waals surface area contributed by atoms with Gasteiger partial charge in [0, 0.05) is 17.2 Å². The molecule has 9 heteroatoms. The number of fused-ring (bicyclic) bond motifs is 2. The van der Waals surface area contributed by atoms with E-state index in [9.17, 15) is 10.5 Å². The van der Waals surface area contributed by atoms with Crippen molar-refractivity contribution in [2.45, 2.75) is 12.5 Å². The summed E-state index contributed by atoms with van der Waals surface area (Å²) in [6, 6.07) is 18.3. The topological polar surface area (TPSA) is 120 Å². The monoisotopic (exact) mass is 487 g/mol. The highest BCUT2D eigenvalue weighted by molar-refractivity contribution is 6.32. The molecule has 174 valence electrons. The van der Waals surface area contributed by atoms with Gasteiger partial charge in [-0.3, -0.25) is 0 Å². The Morgan fingerprint density at radius 1 is 1.06 bits per heavy atom. The summed E-state index contributed by atoms with van der Waals surface area (Å²) in [6.45, 7) is 0.219. The second kappa shape index (κ2) is 9.02. The van der Waals surface area contributed by atoms with E-state index in [1.165, 1.54) is 7.11 Å². The third kappa shape index (κ3) is 3.90. The molecular weight excluding hydrogens is 470 g/mol. The molecule has 0 aromatic heterocycles. The number of hydrogen-bond acceptors (Lipinski definition) is 8. The van der Waals surface area contributed by atoms with Crippen LogP contribution in [0.25, 0.3) is 0 Å². The summed E-state index contributed by atoms with van der Waals surface area (Å²) < 4.78 is 28.2. The summed E-state index contributed by atoms with van der Waals surface area (Å²) >= 11 is 6.64. The van der Waals surface area contributed by atoms with E-state index >= 15 is 0 Å². The Hall–Kier alpha value is -4.53. The number of allylic oxidation sites excluding steroid dienone is 1. The van der Waals surface area contributed by atoms with Crippen LogP contribution in [0, 0.1) is 22.7 Å². The number of nitrogens with zero attached hydrogens (tertiary/aromatic N) is 2. The average Bonchev–Trinajstić information content (AvgIpc) is 3.33. The minimum atomic E-state index is -0.585. The SMILES string of the molecule is COc1cc([C@H]2C(C#N)=C(N)Oc3cc4c(cc32)OCO4)cc(Cl)c1OCc1ccccc1C#N. The van der Waals surface area contributed by atoms with Crippen LogP contribution in [-0.2, 0) is 6.61 Å². The second-order valence-electron chi connectivity index (χ2n) is 7.76. The summed E-state index contributed by atoms with van der Waals surface area (Å²) in [5, 5.41) is 19.5. The van der Waals surface area contributed by atoms with Gasteiger partial charge in [0.25, 0.3) is 0 Å². The molecule has 2 aliphatic heterocycles. The average molecular weight is 488 g/mol. The fourth-order valence-corrected chi connectivity index (χ4v) is 4.42. The highest BCUT2D eigenvalue weighted by Gasteiger charge is 2.34. The number of hydrogen-bond donors (Lipinski definition) is 1. The molecule has 0 unspecified atom stereocenters. The van der Waals surface area contributed by atoms with Gasteiger partial charge in [-0.05, 0) is 29.8 Å². The summed E-state index contributed by atoms with van der Waals surface area (Å²) in [5.41, 5.74) is 8.89. The molecule has 8 nitrogen and oxygen atoms in total. The first-order chi connectivity index (χ1) is 17.0. The van der Waals surface area contributed by atoms with E-state index in [-0.39, 0.29) is 29.9 Å². The minimum absolute atomic E-state index is 0.00704. The van der Waals surface area contributed by atoms with Crippen LogP contribution in [0.1, 0.15) is 28.2 Å². The molecule has 0 fully saturated rings. The third-order valence-corrected chi connectivity index (χ3v) is 6.09. The zero-order chi connectivity index (χ0) is 24.5. The zero-order valence-corrected chi connectivity index (χ0v) is 19.3. The van der Waals surface area contributed by atoms with E-state index in [1.54, 1.807) is 36.4 Å². The first-order valence-electron chi connectivity index (χ1n) is 10.5. The molecule has 0 radical (unpaired) electrons. The quantitative estimate of drug-likeness (QED) is 0.547. The Bertz CT molecular complexity index is 1450. The van der Waals surface area contributed by atoms with Crippen LogP contribution in [0.5, 0.6) is 28.7 Å². The van der Waals surface area contributed by atoms with Crippen molar-refractivity contribution in [2.24, 2.45) is 5.73 Å². The Balaban J connectivity index is 1.56. The molecule has 0 aliphatic carbocycles. The van der Waals surface area contributed by atoms with Crippen molar-refractivity contribution in [3.8, 4) is 40.9 Å². The number of nitrogens with two attached hydrogens (primary N) is 1. The predicted molar refractivity (Wildman–Crippen MR) is 125 cm³/mol. The highest BCUT2D eigenvalue weighted by atomic mass is 35.5. The molecule has 0 spiro atoms. The predicted octanol–water partition coefficient (Wildman–Crippen LogP) is 4.75.